The van der Waals surface area contributed by atoms with Gasteiger partial charge in [-0.05, 0) is 36.7 Å². The predicted octanol–water partition coefficient (Wildman–Crippen LogP) is 2.56. The normalized spacial score (nSPS) is 10.8. The van der Waals surface area contributed by atoms with Gasteiger partial charge in [0.15, 0.2) is 17.8 Å². The Morgan fingerprint density at radius 1 is 1.10 bits per heavy atom. The molecule has 1 aromatic heterocycles. The number of carbonyl (C=O) groups excluding carboxylic acids is 1. The maximum absolute atomic E-state index is 12.4. The van der Waals surface area contributed by atoms with Gasteiger partial charge in [0.25, 0.3) is 0 Å². The molecule has 2 N–H and O–H groups in total. The van der Waals surface area contributed by atoms with Crippen molar-refractivity contribution in [3.05, 3.63) is 65.5 Å². The van der Waals surface area contributed by atoms with E-state index in [0.717, 1.165) is 17.5 Å². The highest BCUT2D eigenvalue weighted by molar-refractivity contribution is 6.10. The number of oxazole rings is 1. The van der Waals surface area contributed by atoms with Crippen molar-refractivity contribution in [2.75, 3.05) is 6.54 Å². The van der Waals surface area contributed by atoms with Gasteiger partial charge in [-0.15, -0.1) is 0 Å². The molecule has 0 radical (unpaired) electrons. The number of fused-ring (bicyclic) bond motifs is 1. The Hall–Kier alpha value is -2.46. The van der Waals surface area contributed by atoms with E-state index >= 15 is 0 Å². The Labute approximate surface area is 116 Å². The Balaban J connectivity index is 1.90. The van der Waals surface area contributed by atoms with Gasteiger partial charge in [0, 0.05) is 11.1 Å². The highest BCUT2D eigenvalue weighted by atomic mass is 16.3. The topological polar surface area (TPSA) is 69.1 Å². The molecule has 0 atom stereocenters. The third-order valence-corrected chi connectivity index (χ3v) is 3.24. The minimum atomic E-state index is -0.0254. The molecular formula is C16H14N2O2. The fraction of sp³-hybridized carbons (Fsp3) is 0.125. The van der Waals surface area contributed by atoms with Crippen molar-refractivity contribution in [1.82, 2.24) is 4.98 Å². The monoisotopic (exact) mass is 266 g/mol. The summed E-state index contributed by atoms with van der Waals surface area (Å²) in [4.78, 5) is 16.4. The molecule has 0 amide bonds. The Kier molecular flexibility index (Phi) is 3.31. The summed E-state index contributed by atoms with van der Waals surface area (Å²) in [6.07, 6.45) is 2.19. The average molecular weight is 266 g/mol. The zero-order valence-electron chi connectivity index (χ0n) is 10.9. The van der Waals surface area contributed by atoms with E-state index in [1.807, 2.05) is 24.3 Å². The van der Waals surface area contributed by atoms with Crippen LogP contribution in [0.15, 0.2) is 53.3 Å². The van der Waals surface area contributed by atoms with E-state index in [0.29, 0.717) is 23.3 Å². The van der Waals surface area contributed by atoms with Crippen LogP contribution in [0.1, 0.15) is 21.5 Å². The van der Waals surface area contributed by atoms with Crippen molar-refractivity contribution < 1.29 is 9.21 Å². The third-order valence-electron chi connectivity index (χ3n) is 3.24. The maximum Gasteiger partial charge on any atom is 0.193 e. The fourth-order valence-corrected chi connectivity index (χ4v) is 2.15. The summed E-state index contributed by atoms with van der Waals surface area (Å²) in [5.74, 6) is -0.0254. The quantitative estimate of drug-likeness (QED) is 0.737. The molecule has 3 aromatic rings. The van der Waals surface area contributed by atoms with Crippen LogP contribution in [-0.2, 0) is 6.42 Å². The lowest BCUT2D eigenvalue weighted by atomic mass is 10.0. The molecule has 0 aliphatic carbocycles. The number of benzene rings is 2. The van der Waals surface area contributed by atoms with Crippen LogP contribution in [0.2, 0.25) is 0 Å². The molecule has 0 spiro atoms. The van der Waals surface area contributed by atoms with Crippen molar-refractivity contribution in [3.63, 3.8) is 0 Å². The number of ketones is 1. The smallest absolute Gasteiger partial charge is 0.193 e. The first kappa shape index (κ1) is 12.6. The molecule has 0 aliphatic heterocycles. The molecule has 0 bridgehead atoms. The molecule has 3 rings (SSSR count). The summed E-state index contributed by atoms with van der Waals surface area (Å²) in [6.45, 7) is 0.607. The Bertz CT molecular complexity index is 745. The van der Waals surface area contributed by atoms with Gasteiger partial charge in [-0.25, -0.2) is 4.98 Å². The van der Waals surface area contributed by atoms with Crippen molar-refractivity contribution in [2.24, 2.45) is 5.73 Å². The Morgan fingerprint density at radius 3 is 2.60 bits per heavy atom. The minimum Gasteiger partial charge on any atom is -0.443 e. The number of rotatable bonds is 4. The van der Waals surface area contributed by atoms with Crippen LogP contribution in [0.5, 0.6) is 0 Å². The highest BCUT2D eigenvalue weighted by Crippen LogP contribution is 2.17. The lowest BCUT2D eigenvalue weighted by Gasteiger charge is -2.03. The van der Waals surface area contributed by atoms with Crippen LogP contribution < -0.4 is 5.73 Å². The van der Waals surface area contributed by atoms with Crippen LogP contribution in [0, 0.1) is 0 Å². The second-order valence-electron chi connectivity index (χ2n) is 4.60. The molecule has 0 unspecified atom stereocenters. The minimum absolute atomic E-state index is 0.0254. The summed E-state index contributed by atoms with van der Waals surface area (Å²) in [5, 5.41) is 0. The first-order valence-corrected chi connectivity index (χ1v) is 6.45. The van der Waals surface area contributed by atoms with Crippen LogP contribution in [-0.4, -0.2) is 17.3 Å². The van der Waals surface area contributed by atoms with E-state index in [1.165, 1.54) is 6.39 Å². The summed E-state index contributed by atoms with van der Waals surface area (Å²) in [6, 6.07) is 12.8. The van der Waals surface area contributed by atoms with Gasteiger partial charge in [0.1, 0.15) is 5.52 Å². The standard InChI is InChI=1S/C16H14N2O2/c17-8-7-11-1-3-12(4-2-11)16(19)13-5-6-14-15(9-13)20-10-18-14/h1-6,9-10H,7-8,17H2. The van der Waals surface area contributed by atoms with Gasteiger partial charge in [-0.1, -0.05) is 24.3 Å². The summed E-state index contributed by atoms with van der Waals surface area (Å²) in [5.41, 5.74) is 9.27. The first-order valence-electron chi connectivity index (χ1n) is 6.45. The highest BCUT2D eigenvalue weighted by Gasteiger charge is 2.10. The predicted molar refractivity (Wildman–Crippen MR) is 76.6 cm³/mol. The zero-order valence-corrected chi connectivity index (χ0v) is 10.9. The van der Waals surface area contributed by atoms with Crippen LogP contribution in [0.25, 0.3) is 11.1 Å². The molecule has 100 valence electrons. The van der Waals surface area contributed by atoms with Crippen molar-refractivity contribution >= 4 is 16.9 Å². The molecule has 0 saturated heterocycles. The van der Waals surface area contributed by atoms with Gasteiger partial charge in [-0.3, -0.25) is 4.79 Å². The largest absolute Gasteiger partial charge is 0.443 e. The van der Waals surface area contributed by atoms with Crippen molar-refractivity contribution in [1.29, 1.82) is 0 Å². The van der Waals surface area contributed by atoms with Crippen molar-refractivity contribution in [2.45, 2.75) is 6.42 Å². The van der Waals surface area contributed by atoms with E-state index in [-0.39, 0.29) is 5.78 Å². The van der Waals surface area contributed by atoms with Gasteiger partial charge in [0.2, 0.25) is 0 Å². The summed E-state index contributed by atoms with van der Waals surface area (Å²) >= 11 is 0. The molecular weight excluding hydrogens is 252 g/mol. The number of hydrogen-bond donors (Lipinski definition) is 1. The Morgan fingerprint density at radius 2 is 1.85 bits per heavy atom. The van der Waals surface area contributed by atoms with E-state index < -0.39 is 0 Å². The number of nitrogens with two attached hydrogens (primary N) is 1. The molecule has 0 saturated carbocycles. The second-order valence-corrected chi connectivity index (χ2v) is 4.60. The number of aromatic nitrogens is 1. The van der Waals surface area contributed by atoms with Crippen LogP contribution in [0.4, 0.5) is 0 Å². The molecule has 1 heterocycles. The van der Waals surface area contributed by atoms with Gasteiger partial charge in [-0.2, -0.15) is 0 Å². The number of hydrogen-bond acceptors (Lipinski definition) is 4. The van der Waals surface area contributed by atoms with E-state index in [4.69, 9.17) is 10.2 Å². The molecule has 4 nitrogen and oxygen atoms in total. The molecule has 0 fully saturated rings. The number of nitrogens with zero attached hydrogens (tertiary/aromatic N) is 1. The van der Waals surface area contributed by atoms with Crippen LogP contribution >= 0.6 is 0 Å². The molecule has 20 heavy (non-hydrogen) atoms. The lowest BCUT2D eigenvalue weighted by Crippen LogP contribution is -2.04. The van der Waals surface area contributed by atoms with Crippen LogP contribution in [0.3, 0.4) is 0 Å². The summed E-state index contributed by atoms with van der Waals surface area (Å²) < 4.78 is 5.22. The molecule has 2 aromatic carbocycles. The van der Waals surface area contributed by atoms with Gasteiger partial charge in [0.05, 0.1) is 0 Å². The van der Waals surface area contributed by atoms with Crippen molar-refractivity contribution in [3.8, 4) is 0 Å². The lowest BCUT2D eigenvalue weighted by molar-refractivity contribution is 0.103. The SMILES string of the molecule is NCCc1ccc(C(=O)c2ccc3ncoc3c2)cc1. The van der Waals surface area contributed by atoms with Gasteiger partial charge >= 0.3 is 0 Å². The zero-order chi connectivity index (χ0) is 13.9. The van der Waals surface area contributed by atoms with E-state index in [9.17, 15) is 4.79 Å². The summed E-state index contributed by atoms with van der Waals surface area (Å²) in [7, 11) is 0. The molecule has 0 aliphatic rings. The fourth-order valence-electron chi connectivity index (χ4n) is 2.15. The first-order chi connectivity index (χ1) is 9.78. The van der Waals surface area contributed by atoms with E-state index in [1.54, 1.807) is 18.2 Å². The van der Waals surface area contributed by atoms with Gasteiger partial charge < -0.3 is 10.2 Å². The molecule has 4 heteroatoms. The maximum atomic E-state index is 12.4. The third kappa shape index (κ3) is 2.33. The second kappa shape index (κ2) is 5.27. The van der Waals surface area contributed by atoms with E-state index in [2.05, 4.69) is 4.98 Å². The average Bonchev–Trinajstić information content (AvgIpc) is 2.95. The number of carbonyl (C=O) groups is 1.